The van der Waals surface area contributed by atoms with Crippen LogP contribution in [0.3, 0.4) is 0 Å². The second kappa shape index (κ2) is 9.77. The quantitative estimate of drug-likeness (QED) is 0.802. The van der Waals surface area contributed by atoms with Crippen LogP contribution in [0.5, 0.6) is 0 Å². The Morgan fingerprint density at radius 2 is 1.90 bits per heavy atom. The van der Waals surface area contributed by atoms with E-state index >= 15 is 0 Å². The van der Waals surface area contributed by atoms with Gasteiger partial charge in [0.05, 0.1) is 6.61 Å². The fourth-order valence-corrected chi connectivity index (χ4v) is 2.10. The largest absolute Gasteiger partial charge is 0.383 e. The summed E-state index contributed by atoms with van der Waals surface area (Å²) in [6, 6.07) is 9.51. The predicted molar refractivity (Wildman–Crippen MR) is 88.6 cm³/mol. The van der Waals surface area contributed by atoms with Crippen LogP contribution in [0, 0.1) is 0 Å². The highest BCUT2D eigenvalue weighted by Gasteiger charge is 2.33. The molecule has 0 aliphatic rings. The Bertz CT molecular complexity index is 402. The highest BCUT2D eigenvalue weighted by molar-refractivity contribution is 5.87. The first-order chi connectivity index (χ1) is 9.54. The predicted octanol–water partition coefficient (Wildman–Crippen LogP) is 2.56. The van der Waals surface area contributed by atoms with Crippen molar-refractivity contribution in [2.75, 3.05) is 26.8 Å². The molecular formula is C16H27ClN2O2. The summed E-state index contributed by atoms with van der Waals surface area (Å²) in [6.07, 6.45) is 2.02. The van der Waals surface area contributed by atoms with Crippen molar-refractivity contribution in [1.29, 1.82) is 0 Å². The fraction of sp³-hybridized carbons (Fsp3) is 0.562. The van der Waals surface area contributed by atoms with E-state index < -0.39 is 5.54 Å². The molecule has 0 radical (unpaired) electrons. The Morgan fingerprint density at radius 1 is 1.29 bits per heavy atom. The molecule has 0 aromatic heterocycles. The average Bonchev–Trinajstić information content (AvgIpc) is 2.47. The van der Waals surface area contributed by atoms with Gasteiger partial charge in [0.2, 0.25) is 5.91 Å². The van der Waals surface area contributed by atoms with E-state index in [4.69, 9.17) is 10.5 Å². The van der Waals surface area contributed by atoms with Gasteiger partial charge >= 0.3 is 0 Å². The summed E-state index contributed by atoms with van der Waals surface area (Å²) in [7, 11) is 1.64. The molecule has 0 bridgehead atoms. The van der Waals surface area contributed by atoms with Crippen molar-refractivity contribution in [1.82, 2.24) is 4.90 Å². The summed E-state index contributed by atoms with van der Waals surface area (Å²) >= 11 is 0. The molecule has 4 nitrogen and oxygen atoms in total. The number of benzene rings is 1. The SMILES string of the molecule is CCCCN(CCOC)C(=O)C(C)(N)c1ccccc1.Cl. The number of amides is 1. The van der Waals surface area contributed by atoms with Crippen molar-refractivity contribution in [3.8, 4) is 0 Å². The molecule has 1 amide bonds. The molecule has 120 valence electrons. The summed E-state index contributed by atoms with van der Waals surface area (Å²) in [6.45, 7) is 5.71. The van der Waals surface area contributed by atoms with Gasteiger partial charge < -0.3 is 15.4 Å². The van der Waals surface area contributed by atoms with Crippen molar-refractivity contribution < 1.29 is 9.53 Å². The van der Waals surface area contributed by atoms with E-state index in [1.165, 1.54) is 0 Å². The van der Waals surface area contributed by atoms with Crippen LogP contribution < -0.4 is 5.73 Å². The number of nitrogens with zero attached hydrogens (tertiary/aromatic N) is 1. The van der Waals surface area contributed by atoms with E-state index in [0.29, 0.717) is 13.2 Å². The second-order valence-electron chi connectivity index (χ2n) is 5.21. The molecule has 1 rings (SSSR count). The number of methoxy groups -OCH3 is 1. The summed E-state index contributed by atoms with van der Waals surface area (Å²) in [4.78, 5) is 14.5. The third-order valence-corrected chi connectivity index (χ3v) is 3.45. The van der Waals surface area contributed by atoms with Gasteiger partial charge in [-0.25, -0.2) is 0 Å². The molecule has 2 N–H and O–H groups in total. The number of carbonyl (C=O) groups excluding carboxylic acids is 1. The molecule has 0 aliphatic carbocycles. The van der Waals surface area contributed by atoms with E-state index in [1.54, 1.807) is 18.9 Å². The lowest BCUT2D eigenvalue weighted by Crippen LogP contribution is -2.52. The van der Waals surface area contributed by atoms with Gasteiger partial charge in [0.25, 0.3) is 0 Å². The lowest BCUT2D eigenvalue weighted by Gasteiger charge is -2.32. The van der Waals surface area contributed by atoms with Crippen molar-refractivity contribution in [2.45, 2.75) is 32.2 Å². The molecule has 1 atom stereocenters. The molecule has 0 fully saturated rings. The van der Waals surface area contributed by atoms with Crippen LogP contribution in [-0.2, 0) is 15.1 Å². The van der Waals surface area contributed by atoms with Crippen LogP contribution >= 0.6 is 12.4 Å². The summed E-state index contributed by atoms with van der Waals surface area (Å²) < 4.78 is 5.09. The third-order valence-electron chi connectivity index (χ3n) is 3.45. The highest BCUT2D eigenvalue weighted by atomic mass is 35.5. The minimum Gasteiger partial charge on any atom is -0.383 e. The molecule has 0 saturated carbocycles. The first-order valence-electron chi connectivity index (χ1n) is 7.16. The summed E-state index contributed by atoms with van der Waals surface area (Å²) in [5.41, 5.74) is 6.13. The van der Waals surface area contributed by atoms with Gasteiger partial charge in [-0.05, 0) is 18.9 Å². The Balaban J connectivity index is 0.00000400. The van der Waals surface area contributed by atoms with Gasteiger partial charge in [-0.15, -0.1) is 12.4 Å². The maximum Gasteiger partial charge on any atom is 0.247 e. The number of nitrogens with two attached hydrogens (primary N) is 1. The van der Waals surface area contributed by atoms with Crippen LogP contribution in [0.25, 0.3) is 0 Å². The Labute approximate surface area is 134 Å². The number of halogens is 1. The normalized spacial score (nSPS) is 13.1. The van der Waals surface area contributed by atoms with E-state index in [2.05, 4.69) is 6.92 Å². The van der Waals surface area contributed by atoms with Crippen LogP contribution in [-0.4, -0.2) is 37.6 Å². The number of carbonyl (C=O) groups is 1. The van der Waals surface area contributed by atoms with Gasteiger partial charge in [0.15, 0.2) is 0 Å². The van der Waals surface area contributed by atoms with Crippen molar-refractivity contribution in [3.05, 3.63) is 35.9 Å². The minimum atomic E-state index is -0.997. The van der Waals surface area contributed by atoms with Gasteiger partial charge in [0, 0.05) is 20.2 Å². The van der Waals surface area contributed by atoms with E-state index in [1.807, 2.05) is 30.3 Å². The maximum absolute atomic E-state index is 12.7. The summed E-state index contributed by atoms with van der Waals surface area (Å²) in [5, 5.41) is 0. The first kappa shape index (κ1) is 19.9. The molecule has 5 heteroatoms. The van der Waals surface area contributed by atoms with Crippen LogP contribution in [0.2, 0.25) is 0 Å². The van der Waals surface area contributed by atoms with E-state index in [0.717, 1.165) is 24.9 Å². The van der Waals surface area contributed by atoms with Crippen LogP contribution in [0.15, 0.2) is 30.3 Å². The Hall–Kier alpha value is -1.10. The van der Waals surface area contributed by atoms with E-state index in [9.17, 15) is 4.79 Å². The molecule has 21 heavy (non-hydrogen) atoms. The zero-order chi connectivity index (χ0) is 15.0. The van der Waals surface area contributed by atoms with Crippen molar-refractivity contribution >= 4 is 18.3 Å². The van der Waals surface area contributed by atoms with Gasteiger partial charge in [-0.1, -0.05) is 43.7 Å². The molecule has 0 saturated heterocycles. The first-order valence-corrected chi connectivity index (χ1v) is 7.16. The van der Waals surface area contributed by atoms with Crippen LogP contribution in [0.1, 0.15) is 32.3 Å². The molecule has 0 spiro atoms. The van der Waals surface area contributed by atoms with Gasteiger partial charge in [-0.2, -0.15) is 0 Å². The van der Waals surface area contributed by atoms with Crippen molar-refractivity contribution in [2.24, 2.45) is 5.73 Å². The number of ether oxygens (including phenoxy) is 1. The molecule has 1 unspecified atom stereocenters. The summed E-state index contributed by atoms with van der Waals surface area (Å²) in [5.74, 6) is -0.0470. The molecular weight excluding hydrogens is 288 g/mol. The van der Waals surface area contributed by atoms with E-state index in [-0.39, 0.29) is 18.3 Å². The number of hydrogen-bond acceptors (Lipinski definition) is 3. The lowest BCUT2D eigenvalue weighted by atomic mass is 9.91. The monoisotopic (exact) mass is 314 g/mol. The zero-order valence-corrected chi connectivity index (χ0v) is 14.0. The number of unbranched alkanes of at least 4 members (excludes halogenated alkanes) is 1. The standard InChI is InChI=1S/C16H26N2O2.ClH/c1-4-5-11-18(12-13-20-3)15(19)16(2,17)14-9-7-6-8-10-14;/h6-10H,4-5,11-13,17H2,1-3H3;1H. The number of rotatable bonds is 8. The van der Waals surface area contributed by atoms with Crippen molar-refractivity contribution in [3.63, 3.8) is 0 Å². The average molecular weight is 315 g/mol. The van der Waals surface area contributed by atoms with Crippen LogP contribution in [0.4, 0.5) is 0 Å². The highest BCUT2D eigenvalue weighted by Crippen LogP contribution is 2.20. The maximum atomic E-state index is 12.7. The minimum absolute atomic E-state index is 0. The van der Waals surface area contributed by atoms with Gasteiger partial charge in [-0.3, -0.25) is 4.79 Å². The fourth-order valence-electron chi connectivity index (χ4n) is 2.10. The number of hydrogen-bond donors (Lipinski definition) is 1. The molecule has 0 heterocycles. The van der Waals surface area contributed by atoms with Gasteiger partial charge in [0.1, 0.15) is 5.54 Å². The second-order valence-corrected chi connectivity index (χ2v) is 5.21. The Morgan fingerprint density at radius 3 is 2.43 bits per heavy atom. The third kappa shape index (κ3) is 5.65. The smallest absolute Gasteiger partial charge is 0.247 e. The lowest BCUT2D eigenvalue weighted by molar-refractivity contribution is -0.137. The Kier molecular flexibility index (Phi) is 9.26. The molecule has 0 aliphatic heterocycles. The zero-order valence-electron chi connectivity index (χ0n) is 13.2. The molecule has 1 aromatic carbocycles. The molecule has 1 aromatic rings. The topological polar surface area (TPSA) is 55.6 Å².